The molecule has 2 aromatic rings. The Morgan fingerprint density at radius 1 is 1.06 bits per heavy atom. The van der Waals surface area contributed by atoms with Crippen LogP contribution in [0.15, 0.2) is 48.5 Å². The van der Waals surface area contributed by atoms with Crippen molar-refractivity contribution >= 4 is 0 Å². The largest absolute Gasteiger partial charge is 0.324 e. The van der Waals surface area contributed by atoms with Crippen LogP contribution in [0.2, 0.25) is 0 Å². The first-order valence-electron chi connectivity index (χ1n) is 6.16. The predicted molar refractivity (Wildman–Crippen MR) is 73.9 cm³/mol. The zero-order chi connectivity index (χ0) is 12.3. The first kappa shape index (κ1) is 11.9. The van der Waals surface area contributed by atoms with Crippen molar-refractivity contribution in [1.29, 1.82) is 0 Å². The number of aryl methyl sites for hydroxylation is 1. The topological polar surface area (TPSA) is 26.0 Å². The molecule has 0 fully saturated rings. The molecule has 0 spiro atoms. The Kier molecular flexibility index (Phi) is 3.60. The third kappa shape index (κ3) is 2.56. The van der Waals surface area contributed by atoms with E-state index in [2.05, 4.69) is 49.4 Å². The van der Waals surface area contributed by atoms with E-state index in [1.807, 2.05) is 13.0 Å². The lowest BCUT2D eigenvalue weighted by atomic mass is 9.94. The second-order valence-corrected chi connectivity index (χ2v) is 4.42. The van der Waals surface area contributed by atoms with Gasteiger partial charge in [0.1, 0.15) is 0 Å². The summed E-state index contributed by atoms with van der Waals surface area (Å²) in [5.41, 5.74) is 11.1. The van der Waals surface area contributed by atoms with Gasteiger partial charge in [0.05, 0.1) is 0 Å². The average molecular weight is 225 g/mol. The molecule has 0 aliphatic heterocycles. The van der Waals surface area contributed by atoms with Crippen molar-refractivity contribution in [1.82, 2.24) is 0 Å². The zero-order valence-electron chi connectivity index (χ0n) is 10.5. The van der Waals surface area contributed by atoms with Crippen LogP contribution in [0.25, 0.3) is 11.1 Å². The Morgan fingerprint density at radius 3 is 2.35 bits per heavy atom. The molecule has 1 atom stereocenters. The van der Waals surface area contributed by atoms with Gasteiger partial charge in [0.15, 0.2) is 0 Å². The molecule has 0 bridgehead atoms. The Bertz CT molecular complexity index is 486. The molecule has 0 radical (unpaired) electrons. The Balaban J connectivity index is 2.54. The molecule has 17 heavy (non-hydrogen) atoms. The van der Waals surface area contributed by atoms with Gasteiger partial charge < -0.3 is 5.73 Å². The van der Waals surface area contributed by atoms with Crippen molar-refractivity contribution in [2.24, 2.45) is 5.73 Å². The smallest absolute Gasteiger partial charge is 0.0266 e. The van der Waals surface area contributed by atoms with Gasteiger partial charge >= 0.3 is 0 Å². The lowest BCUT2D eigenvalue weighted by Crippen LogP contribution is -2.05. The number of benzene rings is 2. The standard InChI is InChI=1S/C16H19N/c1-3-13-9-10-15(12(2)17)11-16(13)14-7-5-4-6-8-14/h4-12H,3,17H2,1-2H3. The summed E-state index contributed by atoms with van der Waals surface area (Å²) >= 11 is 0. The maximum Gasteiger partial charge on any atom is 0.0266 e. The molecular weight excluding hydrogens is 206 g/mol. The molecule has 1 unspecified atom stereocenters. The molecule has 0 saturated carbocycles. The van der Waals surface area contributed by atoms with Gasteiger partial charge in [-0.05, 0) is 41.7 Å². The molecule has 0 aliphatic rings. The molecule has 0 aromatic heterocycles. The summed E-state index contributed by atoms with van der Waals surface area (Å²) in [6, 6.07) is 17.1. The SMILES string of the molecule is CCc1ccc(C(C)N)cc1-c1ccccc1. The molecule has 0 aliphatic carbocycles. The maximum atomic E-state index is 5.95. The minimum absolute atomic E-state index is 0.0865. The first-order valence-corrected chi connectivity index (χ1v) is 6.16. The number of nitrogens with two attached hydrogens (primary N) is 1. The molecule has 1 nitrogen and oxygen atoms in total. The lowest BCUT2D eigenvalue weighted by Gasteiger charge is -2.13. The van der Waals surface area contributed by atoms with Crippen molar-refractivity contribution in [2.45, 2.75) is 26.3 Å². The van der Waals surface area contributed by atoms with Crippen LogP contribution in [-0.2, 0) is 6.42 Å². The molecule has 2 rings (SSSR count). The fourth-order valence-electron chi connectivity index (χ4n) is 2.07. The second-order valence-electron chi connectivity index (χ2n) is 4.42. The molecule has 1 heteroatoms. The van der Waals surface area contributed by atoms with Crippen molar-refractivity contribution in [3.63, 3.8) is 0 Å². The summed E-state index contributed by atoms with van der Waals surface area (Å²) in [5.74, 6) is 0. The van der Waals surface area contributed by atoms with E-state index in [4.69, 9.17) is 5.73 Å². The molecule has 2 aromatic carbocycles. The normalized spacial score (nSPS) is 12.4. The Morgan fingerprint density at radius 2 is 1.76 bits per heavy atom. The maximum absolute atomic E-state index is 5.95. The number of rotatable bonds is 3. The quantitative estimate of drug-likeness (QED) is 0.841. The average Bonchev–Trinajstić information content (AvgIpc) is 2.39. The van der Waals surface area contributed by atoms with Gasteiger partial charge in [0.2, 0.25) is 0 Å². The molecular formula is C16H19N. The van der Waals surface area contributed by atoms with Crippen LogP contribution in [0, 0.1) is 0 Å². The summed E-state index contributed by atoms with van der Waals surface area (Å²) in [5, 5.41) is 0. The minimum Gasteiger partial charge on any atom is -0.324 e. The number of hydrogen-bond donors (Lipinski definition) is 1. The highest BCUT2D eigenvalue weighted by Crippen LogP contribution is 2.27. The van der Waals surface area contributed by atoms with Gasteiger partial charge in [-0.25, -0.2) is 0 Å². The molecule has 0 heterocycles. The monoisotopic (exact) mass is 225 g/mol. The fraction of sp³-hybridized carbons (Fsp3) is 0.250. The molecule has 0 saturated heterocycles. The molecule has 0 amide bonds. The van der Waals surface area contributed by atoms with Crippen LogP contribution in [-0.4, -0.2) is 0 Å². The first-order chi connectivity index (χ1) is 8.22. The van der Waals surface area contributed by atoms with E-state index < -0.39 is 0 Å². The Labute approximate surface area is 103 Å². The van der Waals surface area contributed by atoms with Gasteiger partial charge in [0, 0.05) is 6.04 Å². The van der Waals surface area contributed by atoms with Crippen molar-refractivity contribution in [2.75, 3.05) is 0 Å². The van der Waals surface area contributed by atoms with Gasteiger partial charge in [-0.3, -0.25) is 0 Å². The van der Waals surface area contributed by atoms with Gasteiger partial charge in [-0.2, -0.15) is 0 Å². The minimum atomic E-state index is 0.0865. The van der Waals surface area contributed by atoms with Crippen molar-refractivity contribution in [3.05, 3.63) is 59.7 Å². The fourth-order valence-corrected chi connectivity index (χ4v) is 2.07. The Hall–Kier alpha value is -1.60. The van der Waals surface area contributed by atoms with Crippen LogP contribution in [0.4, 0.5) is 0 Å². The van der Waals surface area contributed by atoms with E-state index in [0.29, 0.717) is 0 Å². The van der Waals surface area contributed by atoms with E-state index in [9.17, 15) is 0 Å². The lowest BCUT2D eigenvalue weighted by molar-refractivity contribution is 0.817. The van der Waals surface area contributed by atoms with E-state index in [1.165, 1.54) is 22.3 Å². The van der Waals surface area contributed by atoms with Gasteiger partial charge in [-0.1, -0.05) is 49.4 Å². The highest BCUT2D eigenvalue weighted by molar-refractivity contribution is 5.68. The third-order valence-corrected chi connectivity index (χ3v) is 3.13. The predicted octanol–water partition coefficient (Wildman–Crippen LogP) is 3.94. The van der Waals surface area contributed by atoms with E-state index in [1.54, 1.807) is 0 Å². The second kappa shape index (κ2) is 5.15. The van der Waals surface area contributed by atoms with E-state index in [0.717, 1.165) is 6.42 Å². The highest BCUT2D eigenvalue weighted by atomic mass is 14.6. The zero-order valence-corrected chi connectivity index (χ0v) is 10.5. The van der Waals surface area contributed by atoms with E-state index >= 15 is 0 Å². The van der Waals surface area contributed by atoms with Crippen molar-refractivity contribution < 1.29 is 0 Å². The highest BCUT2D eigenvalue weighted by Gasteiger charge is 2.07. The van der Waals surface area contributed by atoms with Crippen LogP contribution in [0.3, 0.4) is 0 Å². The summed E-state index contributed by atoms with van der Waals surface area (Å²) in [7, 11) is 0. The summed E-state index contributed by atoms with van der Waals surface area (Å²) in [6.07, 6.45) is 1.05. The van der Waals surface area contributed by atoms with Crippen LogP contribution in [0.1, 0.15) is 31.0 Å². The van der Waals surface area contributed by atoms with Crippen LogP contribution in [0.5, 0.6) is 0 Å². The summed E-state index contributed by atoms with van der Waals surface area (Å²) in [4.78, 5) is 0. The van der Waals surface area contributed by atoms with Gasteiger partial charge in [-0.15, -0.1) is 0 Å². The third-order valence-electron chi connectivity index (χ3n) is 3.13. The molecule has 88 valence electrons. The number of hydrogen-bond acceptors (Lipinski definition) is 1. The van der Waals surface area contributed by atoms with Gasteiger partial charge in [0.25, 0.3) is 0 Å². The summed E-state index contributed by atoms with van der Waals surface area (Å²) in [6.45, 7) is 4.21. The van der Waals surface area contributed by atoms with Crippen LogP contribution >= 0.6 is 0 Å². The summed E-state index contributed by atoms with van der Waals surface area (Å²) < 4.78 is 0. The van der Waals surface area contributed by atoms with E-state index in [-0.39, 0.29) is 6.04 Å². The molecule has 2 N–H and O–H groups in total. The van der Waals surface area contributed by atoms with Crippen molar-refractivity contribution in [3.8, 4) is 11.1 Å². The van der Waals surface area contributed by atoms with Crippen LogP contribution < -0.4 is 5.73 Å².